The summed E-state index contributed by atoms with van der Waals surface area (Å²) < 4.78 is 13.3. The second kappa shape index (κ2) is 13.1. The molecule has 0 saturated carbocycles. The van der Waals surface area contributed by atoms with Crippen molar-refractivity contribution < 1.29 is 8.85 Å². The average Bonchev–Trinajstić information content (AvgIpc) is 2.81. The number of rotatable bonds is 3. The third-order valence-electron chi connectivity index (χ3n) is 9.20. The monoisotopic (exact) mass is 675 g/mol. The summed E-state index contributed by atoms with van der Waals surface area (Å²) in [6.07, 6.45) is 0. The SMILES string of the molecule is C=C1O[Si@@]([Si][Si](C)(C)C(C)(C)C)([Si](C)(C)C(C)(C)C)O[C@]1(C)[Ge].C[Si](C)C(C)(C)C.C[Si](C)C(C)(C)C. The summed E-state index contributed by atoms with van der Waals surface area (Å²) in [5.74, 6) is 0.861. The van der Waals surface area contributed by atoms with Crippen molar-refractivity contribution in [3.05, 3.63) is 12.3 Å². The van der Waals surface area contributed by atoms with Crippen LogP contribution in [-0.4, -0.2) is 69.9 Å². The van der Waals surface area contributed by atoms with Crippen LogP contribution in [0.3, 0.4) is 0 Å². The van der Waals surface area contributed by atoms with E-state index in [1.165, 1.54) is 0 Å². The molecule has 1 fully saturated rings. The van der Waals surface area contributed by atoms with Crippen LogP contribution >= 0.6 is 0 Å². The summed E-state index contributed by atoms with van der Waals surface area (Å²) in [5.41, 5.74) is 0. The molecule has 0 amide bonds. The summed E-state index contributed by atoms with van der Waals surface area (Å²) in [6, 6.07) is 0. The summed E-state index contributed by atoms with van der Waals surface area (Å²) in [6.45, 7) is 54.0. The van der Waals surface area contributed by atoms with Gasteiger partial charge < -0.3 is 0 Å². The normalized spacial score (nSPS) is 23.8. The Balaban J connectivity index is 0. The Labute approximate surface area is 252 Å². The molecule has 1 rings (SSSR count). The molecule has 9 heteroatoms. The number of hydrogen-bond acceptors (Lipinski definition) is 2. The molecule has 37 heavy (non-hydrogen) atoms. The van der Waals surface area contributed by atoms with E-state index in [9.17, 15) is 0 Å². The molecule has 0 bridgehead atoms. The largest absolute Gasteiger partial charge is 0.0709 e. The molecule has 0 aromatic carbocycles. The van der Waals surface area contributed by atoms with Gasteiger partial charge in [-0.25, -0.2) is 0 Å². The molecular weight excluding hydrogens is 609 g/mol. The quantitative estimate of drug-likeness (QED) is 0.278. The van der Waals surface area contributed by atoms with Gasteiger partial charge in [0.2, 0.25) is 0 Å². The zero-order chi connectivity index (χ0) is 30.9. The van der Waals surface area contributed by atoms with Gasteiger partial charge in [0.05, 0.1) is 0 Å². The Hall–Kier alpha value is 1.34. The minimum absolute atomic E-state index is 0.0502. The molecular formula is C28H65GeO2Si6. The van der Waals surface area contributed by atoms with E-state index in [2.05, 4.69) is 165 Å². The first-order valence-corrected chi connectivity index (χ1v) is 31.8. The topological polar surface area (TPSA) is 18.5 Å². The first kappa shape index (κ1) is 40.5. The van der Waals surface area contributed by atoms with Crippen molar-refractivity contribution in [2.75, 3.05) is 0 Å². The van der Waals surface area contributed by atoms with Crippen molar-refractivity contribution >= 4 is 65.4 Å². The van der Waals surface area contributed by atoms with Gasteiger partial charge in [-0.3, -0.25) is 0 Å². The van der Waals surface area contributed by atoms with Gasteiger partial charge in [-0.15, -0.1) is 0 Å². The fourth-order valence-electron chi connectivity index (χ4n) is 2.19. The van der Waals surface area contributed by atoms with Gasteiger partial charge in [-0.2, -0.15) is 0 Å². The van der Waals surface area contributed by atoms with Crippen molar-refractivity contribution in [1.82, 2.24) is 0 Å². The van der Waals surface area contributed by atoms with Gasteiger partial charge in [0.15, 0.2) is 0 Å². The first-order valence-electron chi connectivity index (χ1n) is 13.9. The van der Waals surface area contributed by atoms with Gasteiger partial charge in [-0.1, -0.05) is 67.7 Å². The summed E-state index contributed by atoms with van der Waals surface area (Å²) in [5, 5.41) is 1.82. The Bertz CT molecular complexity index is 718. The second-order valence-corrected chi connectivity index (χ2v) is 53.0. The molecule has 0 unspecified atom stereocenters. The van der Waals surface area contributed by atoms with E-state index < -0.39 is 22.8 Å². The Morgan fingerprint density at radius 1 is 0.757 bits per heavy atom. The van der Waals surface area contributed by atoms with Crippen LogP contribution in [0.2, 0.25) is 72.5 Å². The van der Waals surface area contributed by atoms with Crippen LogP contribution in [0, 0.1) is 0 Å². The van der Waals surface area contributed by atoms with Gasteiger partial charge in [0.1, 0.15) is 0 Å². The molecule has 217 valence electrons. The molecule has 2 nitrogen and oxygen atoms in total. The van der Waals surface area contributed by atoms with Crippen LogP contribution in [0.25, 0.3) is 0 Å². The molecule has 1 aliphatic rings. The van der Waals surface area contributed by atoms with E-state index in [1.807, 2.05) is 0 Å². The van der Waals surface area contributed by atoms with Crippen LogP contribution in [-0.2, 0) is 8.85 Å². The Kier molecular flexibility index (Phi) is 14.3. The predicted octanol–water partition coefficient (Wildman–Crippen LogP) is 9.75. The molecule has 0 aliphatic carbocycles. The van der Waals surface area contributed by atoms with E-state index >= 15 is 0 Å². The van der Waals surface area contributed by atoms with Crippen molar-refractivity contribution in [2.45, 2.75) is 167 Å². The van der Waals surface area contributed by atoms with Crippen molar-refractivity contribution in [3.8, 4) is 0 Å². The first-order chi connectivity index (χ1) is 15.7. The van der Waals surface area contributed by atoms with Crippen molar-refractivity contribution in [3.63, 3.8) is 0 Å². The molecule has 1 heterocycles. The van der Waals surface area contributed by atoms with Crippen LogP contribution in [0.15, 0.2) is 12.3 Å². The standard InChI is InChI=1S/C16H35GeO2Si4.2C6H15Si/c1-13-16(8,17)19-23(18-13,22(11,12)15(5,6)7)20-21(9,10)14(2,3)4;2*1-6(2,3)7(4)5/h1H2,2-12H3;2*1-5H3/t16-,23+;;/m0../s1. The fourth-order valence-corrected chi connectivity index (χ4v) is 55.1. The van der Waals surface area contributed by atoms with Crippen molar-refractivity contribution in [2.24, 2.45) is 0 Å². The van der Waals surface area contributed by atoms with Gasteiger partial charge in [0, 0.05) is 17.6 Å². The summed E-state index contributed by atoms with van der Waals surface area (Å²) in [7, 11) is -4.81. The maximum Gasteiger partial charge on any atom is 0.0470 e. The van der Waals surface area contributed by atoms with Crippen LogP contribution in [0.4, 0.5) is 0 Å². The second-order valence-electron chi connectivity index (χ2n) is 16.7. The summed E-state index contributed by atoms with van der Waals surface area (Å²) >= 11 is 2.13. The van der Waals surface area contributed by atoms with Gasteiger partial charge >= 0.3 is 158 Å². The molecule has 1 aliphatic heterocycles. The fraction of sp³-hybridized carbons (Fsp3) is 0.929. The van der Waals surface area contributed by atoms with Crippen molar-refractivity contribution in [1.29, 1.82) is 0 Å². The van der Waals surface area contributed by atoms with E-state index in [0.29, 0.717) is 15.1 Å². The van der Waals surface area contributed by atoms with E-state index in [0.717, 1.165) is 14.3 Å². The Morgan fingerprint density at radius 2 is 1.05 bits per heavy atom. The molecule has 0 N–H and O–H groups in total. The van der Waals surface area contributed by atoms with E-state index in [4.69, 9.17) is 8.85 Å². The number of hydrogen-bond donors (Lipinski definition) is 0. The summed E-state index contributed by atoms with van der Waals surface area (Å²) in [4.78, 5) is 0. The van der Waals surface area contributed by atoms with Crippen LogP contribution < -0.4 is 0 Å². The van der Waals surface area contributed by atoms with Gasteiger partial charge in [-0.05, 0) is 10.1 Å². The smallest absolute Gasteiger partial charge is 0.0470 e. The maximum atomic E-state index is 6.90. The molecule has 7 radical (unpaired) electrons. The minimum Gasteiger partial charge on any atom is -0.0709 e. The van der Waals surface area contributed by atoms with Crippen LogP contribution in [0.5, 0.6) is 0 Å². The molecule has 0 aromatic heterocycles. The van der Waals surface area contributed by atoms with E-state index in [-0.39, 0.29) is 27.1 Å². The van der Waals surface area contributed by atoms with E-state index in [1.54, 1.807) is 0 Å². The third kappa shape index (κ3) is 11.6. The molecule has 0 aromatic rings. The zero-order valence-electron chi connectivity index (χ0n) is 29.0. The van der Waals surface area contributed by atoms with Gasteiger partial charge in [0.25, 0.3) is 0 Å². The third-order valence-corrected chi connectivity index (χ3v) is 58.9. The minimum atomic E-state index is -2.31. The molecule has 2 atom stereocenters. The predicted molar refractivity (Wildman–Crippen MR) is 186 cm³/mol. The maximum absolute atomic E-state index is 6.90. The Morgan fingerprint density at radius 3 is 1.22 bits per heavy atom. The zero-order valence-corrected chi connectivity index (χ0v) is 37.1. The average molecular weight is 675 g/mol. The molecule has 1 saturated heterocycles. The van der Waals surface area contributed by atoms with Crippen LogP contribution in [0.1, 0.15) is 90.0 Å². The molecule has 0 spiro atoms.